The number of nitrogens with two attached hydrogens (primary N) is 1. The first-order valence-electron chi connectivity index (χ1n) is 8.31. The second-order valence-corrected chi connectivity index (χ2v) is 6.55. The monoisotopic (exact) mass is 324 g/mol. The molecule has 0 radical (unpaired) electrons. The van der Waals surface area contributed by atoms with Gasteiger partial charge < -0.3 is 15.7 Å². The Hall–Kier alpha value is -2.47. The third kappa shape index (κ3) is 2.53. The van der Waals surface area contributed by atoms with Gasteiger partial charge in [0.25, 0.3) is 0 Å². The van der Waals surface area contributed by atoms with Gasteiger partial charge in [-0.25, -0.2) is 9.97 Å². The van der Waals surface area contributed by atoms with Crippen molar-refractivity contribution in [1.29, 1.82) is 0 Å². The molecule has 0 atom stereocenters. The highest BCUT2D eigenvalue weighted by Crippen LogP contribution is 2.33. The van der Waals surface area contributed by atoms with Crippen LogP contribution in [-0.2, 0) is 12.8 Å². The average molecular weight is 324 g/mol. The smallest absolute Gasteiger partial charge is 0.248 e. The van der Waals surface area contributed by atoms with Crippen LogP contribution in [-0.4, -0.2) is 40.7 Å². The number of carbonyl (C=O) groups is 1. The lowest BCUT2D eigenvalue weighted by molar-refractivity contribution is 0.100. The number of aliphatic hydroxyl groups excluding tert-OH is 1. The number of rotatable bonds is 4. The lowest BCUT2D eigenvalue weighted by Gasteiger charge is -2.38. The van der Waals surface area contributed by atoms with Gasteiger partial charge >= 0.3 is 0 Å². The largest absolute Gasteiger partial charge is 0.396 e. The Labute approximate surface area is 140 Å². The number of aryl methyl sites for hydroxylation is 1. The summed E-state index contributed by atoms with van der Waals surface area (Å²) in [5, 5.41) is 9.20. The zero-order valence-electron chi connectivity index (χ0n) is 13.4. The van der Waals surface area contributed by atoms with Crippen LogP contribution in [0.25, 0.3) is 11.3 Å². The number of primary amides is 1. The van der Waals surface area contributed by atoms with Gasteiger partial charge in [-0.15, -0.1) is 0 Å². The molecule has 1 fully saturated rings. The van der Waals surface area contributed by atoms with E-state index in [1.54, 1.807) is 12.1 Å². The standard InChI is InChI=1S/C18H20N4O2/c19-17(24)13-6-4-12(5-7-13)16-14-2-1-3-15(14)20-18(21-16)22-8-11(9-22)10-23/h4-7,11,23H,1-3,8-10H2,(H2,19,24). The SMILES string of the molecule is NC(=O)c1ccc(-c2nc(N3CC(CO)C3)nc3c2CCC3)cc1. The second kappa shape index (κ2) is 5.87. The Morgan fingerprint density at radius 3 is 2.62 bits per heavy atom. The third-order valence-electron chi connectivity index (χ3n) is 4.86. The molecule has 1 aromatic heterocycles. The van der Waals surface area contributed by atoms with Crippen molar-refractivity contribution >= 4 is 11.9 Å². The molecule has 2 aliphatic rings. The fourth-order valence-electron chi connectivity index (χ4n) is 3.44. The summed E-state index contributed by atoms with van der Waals surface area (Å²) in [7, 11) is 0. The molecule has 0 saturated carbocycles. The van der Waals surface area contributed by atoms with Gasteiger partial charge in [0.05, 0.1) is 5.69 Å². The maximum absolute atomic E-state index is 11.3. The number of hydrogen-bond acceptors (Lipinski definition) is 5. The molecule has 6 heteroatoms. The highest BCUT2D eigenvalue weighted by molar-refractivity contribution is 5.93. The molecule has 1 saturated heterocycles. The molecule has 0 bridgehead atoms. The molecule has 1 aromatic carbocycles. The summed E-state index contributed by atoms with van der Waals surface area (Å²) < 4.78 is 0. The van der Waals surface area contributed by atoms with Gasteiger partial charge in [-0.3, -0.25) is 4.79 Å². The third-order valence-corrected chi connectivity index (χ3v) is 4.86. The first kappa shape index (κ1) is 15.1. The van der Waals surface area contributed by atoms with Crippen LogP contribution in [0.2, 0.25) is 0 Å². The van der Waals surface area contributed by atoms with E-state index in [2.05, 4.69) is 4.90 Å². The van der Waals surface area contributed by atoms with E-state index in [0.717, 1.165) is 55.3 Å². The van der Waals surface area contributed by atoms with Crippen LogP contribution >= 0.6 is 0 Å². The molecular formula is C18H20N4O2. The molecule has 0 spiro atoms. The topological polar surface area (TPSA) is 92.3 Å². The van der Waals surface area contributed by atoms with E-state index in [9.17, 15) is 9.90 Å². The summed E-state index contributed by atoms with van der Waals surface area (Å²) in [5.74, 6) is 0.639. The van der Waals surface area contributed by atoms with E-state index in [1.165, 1.54) is 5.56 Å². The van der Waals surface area contributed by atoms with Crippen molar-refractivity contribution < 1.29 is 9.90 Å². The van der Waals surface area contributed by atoms with E-state index in [-0.39, 0.29) is 6.61 Å². The Morgan fingerprint density at radius 2 is 1.96 bits per heavy atom. The Balaban J connectivity index is 1.71. The highest BCUT2D eigenvalue weighted by atomic mass is 16.3. The molecule has 3 N–H and O–H groups in total. The Morgan fingerprint density at radius 1 is 1.21 bits per heavy atom. The number of anilines is 1. The zero-order valence-corrected chi connectivity index (χ0v) is 13.4. The van der Waals surface area contributed by atoms with Crippen molar-refractivity contribution in [3.05, 3.63) is 41.1 Å². The average Bonchev–Trinajstić information content (AvgIpc) is 3.02. The minimum atomic E-state index is -0.425. The number of aromatic nitrogens is 2. The van der Waals surface area contributed by atoms with Crippen LogP contribution in [0.4, 0.5) is 5.95 Å². The van der Waals surface area contributed by atoms with Crippen molar-refractivity contribution in [2.24, 2.45) is 11.7 Å². The molecule has 124 valence electrons. The van der Waals surface area contributed by atoms with Crippen molar-refractivity contribution in [2.45, 2.75) is 19.3 Å². The predicted octanol–water partition coefficient (Wildman–Crippen LogP) is 1.16. The summed E-state index contributed by atoms with van der Waals surface area (Å²) in [6.07, 6.45) is 3.06. The summed E-state index contributed by atoms with van der Waals surface area (Å²) in [6.45, 7) is 1.81. The Bertz CT molecular complexity index is 782. The number of nitrogens with zero attached hydrogens (tertiary/aromatic N) is 3. The molecular weight excluding hydrogens is 304 g/mol. The lowest BCUT2D eigenvalue weighted by Crippen LogP contribution is -2.49. The molecule has 2 aromatic rings. The first-order chi connectivity index (χ1) is 11.7. The quantitative estimate of drug-likeness (QED) is 0.880. The minimum absolute atomic E-state index is 0.211. The summed E-state index contributed by atoms with van der Waals surface area (Å²) in [6, 6.07) is 7.29. The normalized spacial score (nSPS) is 16.8. The van der Waals surface area contributed by atoms with Crippen LogP contribution in [0.1, 0.15) is 28.0 Å². The maximum atomic E-state index is 11.3. The van der Waals surface area contributed by atoms with E-state index in [0.29, 0.717) is 11.5 Å². The molecule has 2 heterocycles. The van der Waals surface area contributed by atoms with Gasteiger partial charge in [0, 0.05) is 48.0 Å². The van der Waals surface area contributed by atoms with E-state index in [4.69, 9.17) is 15.7 Å². The van der Waals surface area contributed by atoms with Gasteiger partial charge in [0.1, 0.15) is 0 Å². The molecule has 24 heavy (non-hydrogen) atoms. The zero-order chi connectivity index (χ0) is 16.7. The summed E-state index contributed by atoms with van der Waals surface area (Å²) in [4.78, 5) is 22.9. The number of hydrogen-bond donors (Lipinski definition) is 2. The molecule has 1 aliphatic carbocycles. The lowest BCUT2D eigenvalue weighted by atomic mass is 10.0. The summed E-state index contributed by atoms with van der Waals surface area (Å²) in [5.41, 5.74) is 10.1. The molecule has 4 rings (SSSR count). The molecule has 1 aliphatic heterocycles. The molecule has 0 unspecified atom stereocenters. The van der Waals surface area contributed by atoms with Crippen LogP contribution in [0.15, 0.2) is 24.3 Å². The van der Waals surface area contributed by atoms with Crippen LogP contribution < -0.4 is 10.6 Å². The van der Waals surface area contributed by atoms with E-state index >= 15 is 0 Å². The van der Waals surface area contributed by atoms with Crippen molar-refractivity contribution in [3.63, 3.8) is 0 Å². The first-order valence-corrected chi connectivity index (χ1v) is 8.31. The number of fused-ring (bicyclic) bond motifs is 1. The van der Waals surface area contributed by atoms with Crippen LogP contribution in [0.5, 0.6) is 0 Å². The minimum Gasteiger partial charge on any atom is -0.396 e. The fourth-order valence-corrected chi connectivity index (χ4v) is 3.44. The maximum Gasteiger partial charge on any atom is 0.248 e. The number of carbonyl (C=O) groups excluding carboxylic acids is 1. The van der Waals surface area contributed by atoms with Gasteiger partial charge in [-0.1, -0.05) is 12.1 Å². The van der Waals surface area contributed by atoms with Gasteiger partial charge in [-0.05, 0) is 31.4 Å². The van der Waals surface area contributed by atoms with E-state index < -0.39 is 5.91 Å². The second-order valence-electron chi connectivity index (χ2n) is 6.55. The molecule has 6 nitrogen and oxygen atoms in total. The van der Waals surface area contributed by atoms with Gasteiger partial charge in [-0.2, -0.15) is 0 Å². The predicted molar refractivity (Wildman–Crippen MR) is 90.8 cm³/mol. The van der Waals surface area contributed by atoms with Crippen molar-refractivity contribution in [1.82, 2.24) is 9.97 Å². The van der Waals surface area contributed by atoms with Crippen LogP contribution in [0, 0.1) is 5.92 Å². The fraction of sp³-hybridized carbons (Fsp3) is 0.389. The van der Waals surface area contributed by atoms with Crippen molar-refractivity contribution in [2.75, 3.05) is 24.6 Å². The summed E-state index contributed by atoms with van der Waals surface area (Å²) >= 11 is 0. The molecule has 1 amide bonds. The van der Waals surface area contributed by atoms with E-state index in [1.807, 2.05) is 12.1 Å². The number of amides is 1. The number of aliphatic hydroxyl groups is 1. The Kier molecular flexibility index (Phi) is 3.69. The van der Waals surface area contributed by atoms with Crippen LogP contribution in [0.3, 0.4) is 0 Å². The highest BCUT2D eigenvalue weighted by Gasteiger charge is 2.30. The number of benzene rings is 1. The van der Waals surface area contributed by atoms with Crippen molar-refractivity contribution in [3.8, 4) is 11.3 Å². The van der Waals surface area contributed by atoms with Gasteiger partial charge in [0.2, 0.25) is 11.9 Å². The van der Waals surface area contributed by atoms with Gasteiger partial charge in [0.15, 0.2) is 0 Å².